The van der Waals surface area contributed by atoms with Crippen LogP contribution in [0.1, 0.15) is 82.0 Å². The molecular weight excluding hydrogens is 260 g/mol. The van der Waals surface area contributed by atoms with E-state index in [1.54, 1.807) is 6.20 Å². The molecule has 1 rings (SSSR count). The van der Waals surface area contributed by atoms with Gasteiger partial charge in [0.25, 0.3) is 0 Å². The van der Waals surface area contributed by atoms with Gasteiger partial charge in [-0.15, -0.1) is 0 Å². The van der Waals surface area contributed by atoms with E-state index in [1.807, 2.05) is 12.1 Å². The van der Waals surface area contributed by atoms with E-state index < -0.39 is 0 Å². The highest BCUT2D eigenvalue weighted by Crippen LogP contribution is 2.15. The number of carbonyl (C=O) groups is 1. The summed E-state index contributed by atoms with van der Waals surface area (Å²) in [6.07, 6.45) is 12.0. The third-order valence-corrected chi connectivity index (χ3v) is 3.69. The minimum absolute atomic E-state index is 0.204. The summed E-state index contributed by atoms with van der Waals surface area (Å²) in [7, 11) is 0. The van der Waals surface area contributed by atoms with E-state index in [0.29, 0.717) is 6.42 Å². The van der Waals surface area contributed by atoms with Crippen molar-refractivity contribution in [1.29, 1.82) is 0 Å². The number of hydrogen-bond acceptors (Lipinski definition) is 3. The molecule has 0 aliphatic heterocycles. The predicted molar refractivity (Wildman–Crippen MR) is 90.0 cm³/mol. The summed E-state index contributed by atoms with van der Waals surface area (Å²) in [5, 5.41) is 3.33. The number of carbonyl (C=O) groups excluding carboxylic acids is 1. The van der Waals surface area contributed by atoms with E-state index in [0.717, 1.165) is 37.2 Å². The lowest BCUT2D eigenvalue weighted by Gasteiger charge is -2.10. The molecule has 0 amide bonds. The minimum atomic E-state index is 0.204. The Kier molecular flexibility index (Phi) is 9.51. The van der Waals surface area contributed by atoms with Gasteiger partial charge in [0.15, 0.2) is 5.78 Å². The molecule has 0 fully saturated rings. The van der Waals surface area contributed by atoms with Crippen LogP contribution in [-0.2, 0) is 0 Å². The van der Waals surface area contributed by atoms with Crippen LogP contribution in [0.3, 0.4) is 0 Å². The third kappa shape index (κ3) is 7.26. The number of unbranched alkanes of at least 4 members (excludes halogenated alkanes) is 6. The van der Waals surface area contributed by atoms with Crippen LogP contribution in [0.5, 0.6) is 0 Å². The van der Waals surface area contributed by atoms with Crippen LogP contribution in [-0.4, -0.2) is 17.3 Å². The van der Waals surface area contributed by atoms with E-state index in [2.05, 4.69) is 24.1 Å². The topological polar surface area (TPSA) is 42.0 Å². The average Bonchev–Trinajstić information content (AvgIpc) is 2.52. The van der Waals surface area contributed by atoms with Crippen LogP contribution in [0, 0.1) is 0 Å². The first-order valence-electron chi connectivity index (χ1n) is 8.51. The molecule has 0 aliphatic rings. The van der Waals surface area contributed by atoms with Gasteiger partial charge in [0.05, 0.1) is 5.56 Å². The standard InChI is InChI=1S/C18H30N2O/c1-3-5-7-8-9-10-14-19-18-16(12-11-15-20-18)17(21)13-6-4-2/h11-12,15H,3-10,13-14H2,1-2H3,(H,19,20). The molecule has 0 atom stereocenters. The molecule has 1 aromatic heterocycles. The highest BCUT2D eigenvalue weighted by atomic mass is 16.1. The van der Waals surface area contributed by atoms with Crippen LogP contribution in [0.15, 0.2) is 18.3 Å². The molecule has 0 saturated carbocycles. The molecule has 0 spiro atoms. The van der Waals surface area contributed by atoms with Crippen molar-refractivity contribution in [2.75, 3.05) is 11.9 Å². The van der Waals surface area contributed by atoms with Gasteiger partial charge in [-0.3, -0.25) is 4.79 Å². The Morgan fingerprint density at radius 3 is 2.52 bits per heavy atom. The number of nitrogens with one attached hydrogen (secondary N) is 1. The summed E-state index contributed by atoms with van der Waals surface area (Å²) in [5.41, 5.74) is 0.747. The zero-order chi connectivity index (χ0) is 15.3. The van der Waals surface area contributed by atoms with Crippen molar-refractivity contribution in [3.63, 3.8) is 0 Å². The number of ketones is 1. The summed E-state index contributed by atoms with van der Waals surface area (Å²) >= 11 is 0. The van der Waals surface area contributed by atoms with Crippen LogP contribution < -0.4 is 5.32 Å². The van der Waals surface area contributed by atoms with Crippen molar-refractivity contribution in [1.82, 2.24) is 4.98 Å². The van der Waals surface area contributed by atoms with Gasteiger partial charge in [0, 0.05) is 19.2 Å². The quantitative estimate of drug-likeness (QED) is 0.423. The summed E-state index contributed by atoms with van der Waals surface area (Å²) in [4.78, 5) is 16.5. The van der Waals surface area contributed by atoms with Crippen molar-refractivity contribution >= 4 is 11.6 Å². The van der Waals surface area contributed by atoms with Gasteiger partial charge in [0.1, 0.15) is 5.82 Å². The lowest BCUT2D eigenvalue weighted by Crippen LogP contribution is -2.09. The van der Waals surface area contributed by atoms with Crippen LogP contribution in [0.25, 0.3) is 0 Å². The molecule has 0 bridgehead atoms. The second-order valence-electron chi connectivity index (χ2n) is 5.62. The minimum Gasteiger partial charge on any atom is -0.369 e. The second-order valence-corrected chi connectivity index (χ2v) is 5.62. The second kappa shape index (κ2) is 11.3. The highest BCUT2D eigenvalue weighted by Gasteiger charge is 2.11. The lowest BCUT2D eigenvalue weighted by molar-refractivity contribution is 0.0980. The van der Waals surface area contributed by atoms with Gasteiger partial charge >= 0.3 is 0 Å². The maximum Gasteiger partial charge on any atom is 0.166 e. The van der Waals surface area contributed by atoms with Gasteiger partial charge in [-0.2, -0.15) is 0 Å². The largest absolute Gasteiger partial charge is 0.369 e. The maximum atomic E-state index is 12.2. The van der Waals surface area contributed by atoms with Crippen molar-refractivity contribution in [2.24, 2.45) is 0 Å². The molecule has 1 aromatic rings. The van der Waals surface area contributed by atoms with Crippen molar-refractivity contribution in [2.45, 2.75) is 71.6 Å². The Balaban J connectivity index is 2.35. The highest BCUT2D eigenvalue weighted by molar-refractivity contribution is 6.00. The van der Waals surface area contributed by atoms with Crippen molar-refractivity contribution in [3.05, 3.63) is 23.9 Å². The fraction of sp³-hybridized carbons (Fsp3) is 0.667. The third-order valence-electron chi connectivity index (χ3n) is 3.69. The Bertz CT molecular complexity index is 404. The maximum absolute atomic E-state index is 12.2. The molecule has 1 heterocycles. The molecular formula is C18H30N2O. The zero-order valence-corrected chi connectivity index (χ0v) is 13.7. The number of aromatic nitrogens is 1. The fourth-order valence-corrected chi connectivity index (χ4v) is 2.36. The van der Waals surface area contributed by atoms with E-state index in [1.165, 1.54) is 32.1 Å². The summed E-state index contributed by atoms with van der Waals surface area (Å²) in [6.45, 7) is 5.24. The molecule has 0 saturated heterocycles. The molecule has 0 aliphatic carbocycles. The Morgan fingerprint density at radius 1 is 1.05 bits per heavy atom. The lowest BCUT2D eigenvalue weighted by atomic mass is 10.1. The number of nitrogens with zero attached hydrogens (tertiary/aromatic N) is 1. The van der Waals surface area contributed by atoms with E-state index >= 15 is 0 Å². The Hall–Kier alpha value is -1.38. The van der Waals surface area contributed by atoms with E-state index in [-0.39, 0.29) is 5.78 Å². The smallest absolute Gasteiger partial charge is 0.166 e. The number of anilines is 1. The zero-order valence-electron chi connectivity index (χ0n) is 13.7. The number of Topliss-reactive ketones (excluding diaryl/α,β-unsaturated/α-hetero) is 1. The normalized spacial score (nSPS) is 10.6. The molecule has 0 aromatic carbocycles. The van der Waals surface area contributed by atoms with Gasteiger partial charge in [0.2, 0.25) is 0 Å². The van der Waals surface area contributed by atoms with E-state index in [4.69, 9.17) is 0 Å². The van der Waals surface area contributed by atoms with Gasteiger partial charge in [-0.25, -0.2) is 4.98 Å². The monoisotopic (exact) mass is 290 g/mol. The summed E-state index contributed by atoms with van der Waals surface area (Å²) in [5.74, 6) is 0.961. The van der Waals surface area contributed by atoms with Gasteiger partial charge < -0.3 is 5.32 Å². The first kappa shape index (κ1) is 17.7. The molecule has 0 radical (unpaired) electrons. The van der Waals surface area contributed by atoms with Crippen LogP contribution in [0.4, 0.5) is 5.82 Å². The Labute approximate surface area is 129 Å². The van der Waals surface area contributed by atoms with Crippen LogP contribution >= 0.6 is 0 Å². The number of rotatable bonds is 12. The molecule has 1 N–H and O–H groups in total. The Morgan fingerprint density at radius 2 is 1.76 bits per heavy atom. The molecule has 3 heteroatoms. The number of pyridine rings is 1. The fourth-order valence-electron chi connectivity index (χ4n) is 2.36. The molecule has 21 heavy (non-hydrogen) atoms. The first-order chi connectivity index (χ1) is 10.3. The number of hydrogen-bond donors (Lipinski definition) is 1. The van der Waals surface area contributed by atoms with E-state index in [9.17, 15) is 4.79 Å². The predicted octanol–water partition coefficient (Wildman–Crippen LogP) is 5.23. The van der Waals surface area contributed by atoms with Crippen molar-refractivity contribution < 1.29 is 4.79 Å². The van der Waals surface area contributed by atoms with Gasteiger partial charge in [-0.05, 0) is 25.0 Å². The van der Waals surface area contributed by atoms with Gasteiger partial charge in [-0.1, -0.05) is 52.4 Å². The molecule has 3 nitrogen and oxygen atoms in total. The van der Waals surface area contributed by atoms with Crippen molar-refractivity contribution in [3.8, 4) is 0 Å². The molecule has 118 valence electrons. The SMILES string of the molecule is CCCCCCCCNc1ncccc1C(=O)CCCC. The summed E-state index contributed by atoms with van der Waals surface area (Å²) < 4.78 is 0. The van der Waals surface area contributed by atoms with Crippen LogP contribution in [0.2, 0.25) is 0 Å². The molecule has 0 unspecified atom stereocenters. The first-order valence-corrected chi connectivity index (χ1v) is 8.51. The summed E-state index contributed by atoms with van der Waals surface area (Å²) in [6, 6.07) is 3.73. The average molecular weight is 290 g/mol.